The van der Waals surface area contributed by atoms with Crippen LogP contribution in [0.4, 0.5) is 10.5 Å². The molecule has 1 spiro atoms. The minimum Gasteiger partial charge on any atom is -0.447 e. The lowest BCUT2D eigenvalue weighted by Gasteiger charge is -2.57. The first-order valence-electron chi connectivity index (χ1n) is 17.3. The van der Waals surface area contributed by atoms with Crippen LogP contribution in [0.15, 0.2) is 35.9 Å². The number of carbonyl (C=O) groups excluding carboxylic acids is 1. The zero-order valence-electron chi connectivity index (χ0n) is 27.6. The zero-order valence-corrected chi connectivity index (χ0v) is 28.4. The molecule has 7 rings (SSSR count). The van der Waals surface area contributed by atoms with E-state index in [0.29, 0.717) is 51.3 Å². The van der Waals surface area contributed by atoms with Crippen molar-refractivity contribution in [2.24, 2.45) is 46.3 Å². The van der Waals surface area contributed by atoms with Gasteiger partial charge in [-0.3, -0.25) is 5.32 Å². The molecule has 44 heavy (non-hydrogen) atoms. The number of allylic oxidation sites excluding steroid dienone is 2. The van der Waals surface area contributed by atoms with E-state index in [1.807, 2.05) is 0 Å². The number of amides is 1. The molecule has 6 aliphatic rings. The SMILES string of the molecule is CC(C)OC(=O)Nc1cccc(Cl)c1.CC1CCC2(OC1)OC1CC3C4CCC5CC(O)CCC5(C)C4=CCC3(C)C1C2C. The van der Waals surface area contributed by atoms with Crippen molar-refractivity contribution in [3.63, 3.8) is 0 Å². The van der Waals surface area contributed by atoms with Gasteiger partial charge in [0.2, 0.25) is 0 Å². The predicted octanol–water partition coefficient (Wildman–Crippen LogP) is 9.01. The third-order valence-electron chi connectivity index (χ3n) is 12.7. The molecule has 11 atom stereocenters. The summed E-state index contributed by atoms with van der Waals surface area (Å²) in [5.74, 6) is 3.68. The molecule has 6 nitrogen and oxygen atoms in total. The van der Waals surface area contributed by atoms with Gasteiger partial charge in [0.25, 0.3) is 0 Å². The highest BCUT2D eigenvalue weighted by atomic mass is 35.5. The molecule has 4 aliphatic carbocycles. The molecular weight excluding hydrogens is 574 g/mol. The molecule has 3 saturated carbocycles. The van der Waals surface area contributed by atoms with Gasteiger partial charge in [-0.1, -0.05) is 57.0 Å². The lowest BCUT2D eigenvalue weighted by molar-refractivity contribution is -0.272. The third kappa shape index (κ3) is 5.75. The largest absolute Gasteiger partial charge is 0.447 e. The summed E-state index contributed by atoms with van der Waals surface area (Å²) in [7, 11) is 0. The van der Waals surface area contributed by atoms with Crippen LogP contribution in [0.25, 0.3) is 0 Å². The van der Waals surface area contributed by atoms with Crippen molar-refractivity contribution in [3.8, 4) is 0 Å². The van der Waals surface area contributed by atoms with E-state index in [4.69, 9.17) is 25.8 Å². The minimum absolute atomic E-state index is 0.0661. The second-order valence-electron chi connectivity index (χ2n) is 15.8. The van der Waals surface area contributed by atoms with E-state index in [0.717, 1.165) is 37.7 Å². The Morgan fingerprint density at radius 2 is 1.91 bits per heavy atom. The predicted molar refractivity (Wildman–Crippen MR) is 174 cm³/mol. The van der Waals surface area contributed by atoms with Gasteiger partial charge in [-0.25, -0.2) is 4.79 Å². The van der Waals surface area contributed by atoms with E-state index in [2.05, 4.69) is 39.1 Å². The Hall–Kier alpha value is -1.60. The standard InChI is InChI=1S/C27H42O3.C10H12ClNO2/c1-16-7-12-27(29-15-16)17(2)24-23(30-27)14-22-20-6-5-18-13-19(28)8-10-25(18,3)21(20)9-11-26(22,24)4;1-7(2)14-10(13)12-9-5-3-4-8(11)6-9/h9,16-20,22-24,28H,5-8,10-15H2,1-4H3;3-7H,1-2H3,(H,12,13). The van der Waals surface area contributed by atoms with Gasteiger partial charge in [-0.2, -0.15) is 0 Å². The Morgan fingerprint density at radius 1 is 1.11 bits per heavy atom. The minimum atomic E-state index is -0.470. The average Bonchev–Trinajstić information content (AvgIpc) is 3.40. The van der Waals surface area contributed by atoms with Crippen molar-refractivity contribution in [3.05, 3.63) is 40.9 Å². The Morgan fingerprint density at radius 3 is 2.61 bits per heavy atom. The van der Waals surface area contributed by atoms with Crippen LogP contribution in [-0.2, 0) is 14.2 Å². The maximum Gasteiger partial charge on any atom is 0.411 e. The van der Waals surface area contributed by atoms with Crippen LogP contribution in [0.5, 0.6) is 0 Å². The van der Waals surface area contributed by atoms with Gasteiger partial charge in [-0.15, -0.1) is 0 Å². The van der Waals surface area contributed by atoms with Gasteiger partial charge >= 0.3 is 6.09 Å². The highest BCUT2D eigenvalue weighted by Crippen LogP contribution is 2.69. The van der Waals surface area contributed by atoms with E-state index in [1.54, 1.807) is 43.7 Å². The van der Waals surface area contributed by atoms with Gasteiger partial charge in [0.1, 0.15) is 0 Å². The Balaban J connectivity index is 0.000000208. The number of aliphatic hydroxyl groups is 1. The fourth-order valence-electron chi connectivity index (χ4n) is 10.5. The van der Waals surface area contributed by atoms with Crippen LogP contribution in [0.1, 0.15) is 99.3 Å². The molecule has 244 valence electrons. The summed E-state index contributed by atoms with van der Waals surface area (Å²) in [6.07, 6.45) is 13.0. The van der Waals surface area contributed by atoms with Gasteiger partial charge < -0.3 is 19.3 Å². The molecule has 1 aromatic carbocycles. The summed E-state index contributed by atoms with van der Waals surface area (Å²) in [5.41, 5.74) is 3.09. The number of anilines is 1. The fraction of sp³-hybridized carbons (Fsp3) is 0.757. The molecule has 2 heterocycles. The molecule has 1 amide bonds. The van der Waals surface area contributed by atoms with Crippen LogP contribution in [0.3, 0.4) is 0 Å². The number of hydrogen-bond acceptors (Lipinski definition) is 5. The van der Waals surface area contributed by atoms with Crippen molar-refractivity contribution in [1.29, 1.82) is 0 Å². The quantitative estimate of drug-likeness (QED) is 0.320. The number of hydrogen-bond donors (Lipinski definition) is 2. The lowest BCUT2D eigenvalue weighted by Crippen LogP contribution is -2.50. The van der Waals surface area contributed by atoms with Crippen LogP contribution >= 0.6 is 11.6 Å². The van der Waals surface area contributed by atoms with Crippen LogP contribution in [0.2, 0.25) is 5.02 Å². The van der Waals surface area contributed by atoms with Crippen molar-refractivity contribution in [2.45, 2.75) is 123 Å². The van der Waals surface area contributed by atoms with Gasteiger partial charge in [0.05, 0.1) is 24.9 Å². The molecule has 0 radical (unpaired) electrons. The van der Waals surface area contributed by atoms with Gasteiger partial charge in [-0.05, 0) is 124 Å². The molecule has 0 bridgehead atoms. The first-order chi connectivity index (χ1) is 20.8. The molecule has 5 fully saturated rings. The summed E-state index contributed by atoms with van der Waals surface area (Å²) in [5, 5.41) is 13.4. The lowest BCUT2D eigenvalue weighted by atomic mass is 9.48. The highest BCUT2D eigenvalue weighted by Gasteiger charge is 2.67. The van der Waals surface area contributed by atoms with E-state index >= 15 is 0 Å². The Kier molecular flexibility index (Phi) is 8.97. The van der Waals surface area contributed by atoms with Crippen molar-refractivity contribution in [1.82, 2.24) is 0 Å². The van der Waals surface area contributed by atoms with E-state index in [1.165, 1.54) is 38.5 Å². The topological polar surface area (TPSA) is 77.0 Å². The van der Waals surface area contributed by atoms with E-state index in [-0.39, 0.29) is 18.0 Å². The van der Waals surface area contributed by atoms with Crippen LogP contribution < -0.4 is 5.32 Å². The van der Waals surface area contributed by atoms with Crippen molar-refractivity contribution in [2.75, 3.05) is 11.9 Å². The Labute approximate surface area is 269 Å². The number of carbonyl (C=O) groups is 1. The fourth-order valence-corrected chi connectivity index (χ4v) is 10.6. The maximum atomic E-state index is 11.2. The second kappa shape index (κ2) is 12.2. The monoisotopic (exact) mass is 627 g/mol. The summed E-state index contributed by atoms with van der Waals surface area (Å²) in [6, 6.07) is 6.89. The molecule has 2 saturated heterocycles. The van der Waals surface area contributed by atoms with Gasteiger partial charge in [0.15, 0.2) is 5.79 Å². The number of rotatable bonds is 2. The highest BCUT2D eigenvalue weighted by molar-refractivity contribution is 6.30. The van der Waals surface area contributed by atoms with Gasteiger partial charge in [0, 0.05) is 23.0 Å². The summed E-state index contributed by atoms with van der Waals surface area (Å²) in [6.45, 7) is 14.3. The first-order valence-corrected chi connectivity index (χ1v) is 17.7. The molecule has 11 unspecified atom stereocenters. The van der Waals surface area contributed by atoms with Crippen LogP contribution in [-0.4, -0.2) is 41.9 Å². The van der Waals surface area contributed by atoms with Crippen molar-refractivity contribution >= 4 is 23.4 Å². The molecule has 2 N–H and O–H groups in total. The Bertz CT molecular complexity index is 1240. The molecule has 2 aliphatic heterocycles. The summed E-state index contributed by atoms with van der Waals surface area (Å²) < 4.78 is 18.2. The molecule has 7 heteroatoms. The average molecular weight is 628 g/mol. The van der Waals surface area contributed by atoms with E-state index < -0.39 is 6.09 Å². The number of nitrogens with one attached hydrogen (secondary N) is 1. The number of ether oxygens (including phenoxy) is 3. The maximum absolute atomic E-state index is 11.2. The molecule has 0 aromatic heterocycles. The smallest absolute Gasteiger partial charge is 0.411 e. The molecule has 1 aromatic rings. The number of benzene rings is 1. The normalized spacial score (nSPS) is 44.0. The summed E-state index contributed by atoms with van der Waals surface area (Å²) >= 11 is 5.74. The van der Waals surface area contributed by atoms with E-state index in [9.17, 15) is 9.90 Å². The third-order valence-corrected chi connectivity index (χ3v) is 12.9. The van der Waals surface area contributed by atoms with Crippen LogP contribution in [0, 0.1) is 46.3 Å². The molecular formula is C37H54ClNO5. The zero-order chi connectivity index (χ0) is 31.4. The summed E-state index contributed by atoms with van der Waals surface area (Å²) in [4.78, 5) is 11.2. The number of fused-ring (bicyclic) bond motifs is 7. The van der Waals surface area contributed by atoms with Crippen molar-refractivity contribution < 1.29 is 24.1 Å². The number of halogens is 1. The second-order valence-corrected chi connectivity index (χ2v) is 16.2. The number of aliphatic hydroxyl groups excluding tert-OH is 1. The first kappa shape index (κ1) is 32.3.